The minimum absolute atomic E-state index is 0.0488. The smallest absolute Gasteiger partial charge is 0.238 e. The van der Waals surface area contributed by atoms with E-state index >= 15 is 0 Å². The van der Waals surface area contributed by atoms with Gasteiger partial charge in [0.15, 0.2) is 0 Å². The van der Waals surface area contributed by atoms with Crippen LogP contribution in [0.1, 0.15) is 18.5 Å². The second-order valence-electron chi connectivity index (χ2n) is 4.91. The zero-order valence-corrected chi connectivity index (χ0v) is 11.0. The molecular formula is C14H21N3O. The van der Waals surface area contributed by atoms with Gasteiger partial charge < -0.3 is 15.5 Å². The van der Waals surface area contributed by atoms with Crippen molar-refractivity contribution < 1.29 is 4.79 Å². The molecule has 1 saturated heterocycles. The molecule has 1 aliphatic heterocycles. The molecule has 4 heteroatoms. The van der Waals surface area contributed by atoms with Gasteiger partial charge in [0.2, 0.25) is 5.91 Å². The molecule has 1 heterocycles. The van der Waals surface area contributed by atoms with Gasteiger partial charge in [-0.05, 0) is 19.5 Å². The number of carbonyl (C=O) groups is 1. The molecule has 0 aromatic heterocycles. The number of hydrogen-bond acceptors (Lipinski definition) is 3. The van der Waals surface area contributed by atoms with E-state index in [-0.39, 0.29) is 18.0 Å². The summed E-state index contributed by atoms with van der Waals surface area (Å²) in [5.41, 5.74) is 1.13. The van der Waals surface area contributed by atoms with Crippen molar-refractivity contribution in [3.05, 3.63) is 35.9 Å². The molecule has 2 N–H and O–H groups in total. The van der Waals surface area contributed by atoms with E-state index in [1.165, 1.54) is 0 Å². The maximum atomic E-state index is 12.1. The van der Waals surface area contributed by atoms with Crippen LogP contribution in [0.3, 0.4) is 0 Å². The number of nitrogens with one attached hydrogen (secondary N) is 2. The fraction of sp³-hybridized carbons (Fsp3) is 0.500. The highest BCUT2D eigenvalue weighted by Gasteiger charge is 2.24. The highest BCUT2D eigenvalue weighted by molar-refractivity contribution is 5.82. The zero-order valence-electron chi connectivity index (χ0n) is 11.0. The number of hydrogen-bond donors (Lipinski definition) is 2. The van der Waals surface area contributed by atoms with Crippen LogP contribution < -0.4 is 10.6 Å². The molecular weight excluding hydrogens is 226 g/mol. The lowest BCUT2D eigenvalue weighted by molar-refractivity contribution is -0.124. The van der Waals surface area contributed by atoms with Crippen LogP contribution >= 0.6 is 0 Å². The minimum Gasteiger partial charge on any atom is -0.348 e. The lowest BCUT2D eigenvalue weighted by atomic mass is 10.1. The van der Waals surface area contributed by atoms with Gasteiger partial charge in [-0.2, -0.15) is 0 Å². The van der Waals surface area contributed by atoms with Crippen LogP contribution in [0.15, 0.2) is 30.3 Å². The fourth-order valence-corrected chi connectivity index (χ4v) is 2.21. The van der Waals surface area contributed by atoms with E-state index in [4.69, 9.17) is 0 Å². The van der Waals surface area contributed by atoms with E-state index < -0.39 is 0 Å². The Balaban J connectivity index is 1.91. The molecule has 2 atom stereocenters. The summed E-state index contributed by atoms with van der Waals surface area (Å²) in [6.45, 7) is 4.65. The number of nitrogens with zero attached hydrogens (tertiary/aromatic N) is 1. The lowest BCUT2D eigenvalue weighted by Gasteiger charge is -2.30. The van der Waals surface area contributed by atoms with Gasteiger partial charge in [0.25, 0.3) is 0 Å². The van der Waals surface area contributed by atoms with E-state index in [0.29, 0.717) is 0 Å². The van der Waals surface area contributed by atoms with Crippen molar-refractivity contribution in [3.63, 3.8) is 0 Å². The molecule has 4 nitrogen and oxygen atoms in total. The normalized spacial score (nSPS) is 22.4. The summed E-state index contributed by atoms with van der Waals surface area (Å²) in [4.78, 5) is 14.3. The van der Waals surface area contributed by atoms with E-state index in [2.05, 4.69) is 15.5 Å². The minimum atomic E-state index is -0.102. The molecule has 0 spiro atoms. The van der Waals surface area contributed by atoms with Crippen molar-refractivity contribution in [2.45, 2.75) is 19.0 Å². The number of piperazine rings is 1. The molecule has 0 bridgehead atoms. The third kappa shape index (κ3) is 3.31. The molecule has 0 aliphatic carbocycles. The summed E-state index contributed by atoms with van der Waals surface area (Å²) in [6.07, 6.45) is 0. The van der Waals surface area contributed by atoms with E-state index in [1.807, 2.05) is 44.3 Å². The Labute approximate surface area is 108 Å². The number of benzene rings is 1. The van der Waals surface area contributed by atoms with Crippen molar-refractivity contribution in [1.82, 2.24) is 15.5 Å². The van der Waals surface area contributed by atoms with E-state index in [1.54, 1.807) is 0 Å². The molecule has 1 aromatic rings. The third-order valence-corrected chi connectivity index (χ3v) is 3.35. The molecule has 2 unspecified atom stereocenters. The summed E-state index contributed by atoms with van der Waals surface area (Å²) in [6, 6.07) is 9.98. The van der Waals surface area contributed by atoms with Crippen LogP contribution in [-0.4, -0.2) is 43.5 Å². The number of amides is 1. The Morgan fingerprint density at radius 3 is 2.83 bits per heavy atom. The van der Waals surface area contributed by atoms with Gasteiger partial charge in [0.05, 0.1) is 12.1 Å². The van der Waals surface area contributed by atoms with Gasteiger partial charge in [0.1, 0.15) is 0 Å². The van der Waals surface area contributed by atoms with Gasteiger partial charge >= 0.3 is 0 Å². The van der Waals surface area contributed by atoms with Crippen LogP contribution in [0, 0.1) is 0 Å². The van der Waals surface area contributed by atoms with Crippen LogP contribution in [-0.2, 0) is 4.79 Å². The topological polar surface area (TPSA) is 44.4 Å². The van der Waals surface area contributed by atoms with Crippen molar-refractivity contribution >= 4 is 5.91 Å². The first-order chi connectivity index (χ1) is 8.66. The van der Waals surface area contributed by atoms with Gasteiger partial charge in [-0.1, -0.05) is 30.3 Å². The Kier molecular flexibility index (Phi) is 4.33. The Morgan fingerprint density at radius 2 is 2.17 bits per heavy atom. The maximum Gasteiger partial charge on any atom is 0.238 e. The molecule has 0 radical (unpaired) electrons. The van der Waals surface area contributed by atoms with E-state index in [0.717, 1.165) is 25.2 Å². The lowest BCUT2D eigenvalue weighted by Crippen LogP contribution is -2.56. The quantitative estimate of drug-likeness (QED) is 0.829. The van der Waals surface area contributed by atoms with Crippen molar-refractivity contribution in [3.8, 4) is 0 Å². The van der Waals surface area contributed by atoms with Gasteiger partial charge in [-0.15, -0.1) is 0 Å². The first kappa shape index (κ1) is 13.1. The van der Waals surface area contributed by atoms with Crippen molar-refractivity contribution in [1.29, 1.82) is 0 Å². The predicted molar refractivity (Wildman–Crippen MR) is 72.3 cm³/mol. The summed E-state index contributed by atoms with van der Waals surface area (Å²) in [7, 11) is 2.04. The predicted octanol–water partition coefficient (Wildman–Crippen LogP) is 0.767. The average Bonchev–Trinajstić information content (AvgIpc) is 2.39. The molecule has 18 heavy (non-hydrogen) atoms. The Bertz CT molecular complexity index is 393. The Morgan fingerprint density at radius 1 is 1.44 bits per heavy atom. The number of carbonyl (C=O) groups excluding carboxylic acids is 1. The van der Waals surface area contributed by atoms with E-state index in [9.17, 15) is 4.79 Å². The highest BCUT2D eigenvalue weighted by atomic mass is 16.2. The second-order valence-corrected chi connectivity index (χ2v) is 4.91. The molecule has 1 aromatic carbocycles. The number of likely N-dealkylation sites (N-methyl/N-ethyl adjacent to an activating group) is 1. The summed E-state index contributed by atoms with van der Waals surface area (Å²) in [5.74, 6) is 0.0814. The monoisotopic (exact) mass is 247 g/mol. The molecule has 1 amide bonds. The summed E-state index contributed by atoms with van der Waals surface area (Å²) >= 11 is 0. The molecule has 1 aliphatic rings. The first-order valence-electron chi connectivity index (χ1n) is 6.44. The Hall–Kier alpha value is -1.39. The van der Waals surface area contributed by atoms with Crippen molar-refractivity contribution in [2.75, 3.05) is 26.7 Å². The highest BCUT2D eigenvalue weighted by Crippen LogP contribution is 2.11. The van der Waals surface area contributed by atoms with Gasteiger partial charge in [-0.25, -0.2) is 0 Å². The van der Waals surface area contributed by atoms with Crippen molar-refractivity contribution in [2.24, 2.45) is 0 Å². The van der Waals surface area contributed by atoms with Crippen LogP contribution in [0.2, 0.25) is 0 Å². The molecule has 2 rings (SSSR count). The SMILES string of the molecule is CC(NC(=O)C1CN(C)CCN1)c1ccccc1. The van der Waals surface area contributed by atoms with Gasteiger partial charge in [0, 0.05) is 19.6 Å². The first-order valence-corrected chi connectivity index (χ1v) is 6.44. The average molecular weight is 247 g/mol. The molecule has 1 fully saturated rings. The summed E-state index contributed by atoms with van der Waals surface area (Å²) < 4.78 is 0. The van der Waals surface area contributed by atoms with Crippen LogP contribution in [0.25, 0.3) is 0 Å². The summed E-state index contributed by atoms with van der Waals surface area (Å²) in [5, 5.41) is 6.31. The third-order valence-electron chi connectivity index (χ3n) is 3.35. The molecule has 98 valence electrons. The number of rotatable bonds is 3. The standard InChI is InChI=1S/C14H21N3O/c1-11(12-6-4-3-5-7-12)16-14(18)13-10-17(2)9-8-15-13/h3-7,11,13,15H,8-10H2,1-2H3,(H,16,18). The fourth-order valence-electron chi connectivity index (χ4n) is 2.21. The van der Waals surface area contributed by atoms with Crippen LogP contribution in [0.4, 0.5) is 0 Å². The zero-order chi connectivity index (χ0) is 13.0. The second kappa shape index (κ2) is 5.98. The van der Waals surface area contributed by atoms with Gasteiger partial charge in [-0.3, -0.25) is 4.79 Å². The van der Waals surface area contributed by atoms with Crippen LogP contribution in [0.5, 0.6) is 0 Å². The largest absolute Gasteiger partial charge is 0.348 e. The maximum absolute atomic E-state index is 12.1. The molecule has 0 saturated carbocycles.